The van der Waals surface area contributed by atoms with Gasteiger partial charge in [-0.2, -0.15) is 0 Å². The number of hydrogen-bond donors (Lipinski definition) is 0. The number of carbonyl (C=O) groups is 1. The van der Waals surface area contributed by atoms with Crippen molar-refractivity contribution in [1.29, 1.82) is 0 Å². The first-order valence-electron chi connectivity index (χ1n) is 22.7. The summed E-state index contributed by atoms with van der Waals surface area (Å²) in [6.07, 6.45) is 21.1. The van der Waals surface area contributed by atoms with Crippen LogP contribution in [0.15, 0.2) is 58.2 Å². The second-order valence-corrected chi connectivity index (χ2v) is 23.0. The summed E-state index contributed by atoms with van der Waals surface area (Å²) in [6.45, 7) is 46.9. The molecule has 0 aromatic heterocycles. The molecule has 0 aromatic rings. The number of nitrogens with zero attached hydrogens (tertiary/aromatic N) is 2. The second-order valence-electron chi connectivity index (χ2n) is 23.0. The van der Waals surface area contributed by atoms with E-state index in [0.717, 1.165) is 58.8 Å². The van der Waals surface area contributed by atoms with Crippen LogP contribution in [0.3, 0.4) is 0 Å². The summed E-state index contributed by atoms with van der Waals surface area (Å²) >= 11 is 0. The van der Waals surface area contributed by atoms with E-state index in [9.17, 15) is 4.79 Å². The lowest BCUT2D eigenvalue weighted by molar-refractivity contribution is 0.0262. The number of ether oxygens (including phenoxy) is 3. The van der Waals surface area contributed by atoms with Gasteiger partial charge in [0.2, 0.25) is 0 Å². The van der Waals surface area contributed by atoms with Gasteiger partial charge in [0.15, 0.2) is 0 Å². The summed E-state index contributed by atoms with van der Waals surface area (Å²) < 4.78 is 15.8. The van der Waals surface area contributed by atoms with E-state index in [0.29, 0.717) is 28.2 Å². The van der Waals surface area contributed by atoms with E-state index in [-0.39, 0.29) is 11.5 Å². The van der Waals surface area contributed by atoms with Gasteiger partial charge in [0.05, 0.1) is 26.4 Å². The van der Waals surface area contributed by atoms with Gasteiger partial charge in [0.1, 0.15) is 5.60 Å². The fourth-order valence-electron chi connectivity index (χ4n) is 7.23. The summed E-state index contributed by atoms with van der Waals surface area (Å²) in [5.74, 6) is 0. The Bertz CT molecular complexity index is 1300. The van der Waals surface area contributed by atoms with Gasteiger partial charge in [0.25, 0.3) is 0 Å². The number of amides is 1. The maximum absolute atomic E-state index is 11.8. The fraction of sp³-hybridized carbons (Fsp3) is 0.788. The molecule has 5 rings (SSSR count). The van der Waals surface area contributed by atoms with E-state index in [1.807, 2.05) is 20.8 Å². The minimum absolute atomic E-state index is 0.207. The zero-order valence-electron chi connectivity index (χ0n) is 41.7. The molecule has 4 heterocycles. The average Bonchev–Trinajstić information content (AvgIpc) is 3.12. The number of allylic oxidation sites excluding steroid dienone is 2. The molecule has 0 unspecified atom stereocenters. The first kappa shape index (κ1) is 53.9. The van der Waals surface area contributed by atoms with Crippen molar-refractivity contribution in [3.8, 4) is 0 Å². The molecule has 58 heavy (non-hydrogen) atoms. The summed E-state index contributed by atoms with van der Waals surface area (Å²) in [7, 11) is 2.18. The molecule has 5 aliphatic rings. The molecule has 0 N–H and O–H groups in total. The third kappa shape index (κ3) is 23.0. The molecule has 1 amide bonds. The van der Waals surface area contributed by atoms with Crippen LogP contribution in [0.25, 0.3) is 0 Å². The normalized spacial score (nSPS) is 19.9. The first-order chi connectivity index (χ1) is 26.4. The van der Waals surface area contributed by atoms with Crippen molar-refractivity contribution in [2.75, 3.05) is 59.7 Å². The van der Waals surface area contributed by atoms with Crippen molar-refractivity contribution in [1.82, 2.24) is 9.80 Å². The molecule has 0 spiro atoms. The van der Waals surface area contributed by atoms with Crippen LogP contribution in [-0.2, 0) is 14.2 Å². The van der Waals surface area contributed by atoms with E-state index < -0.39 is 5.60 Å². The number of likely N-dealkylation sites (N-methyl/N-ethyl adjacent to an activating group) is 1. The van der Waals surface area contributed by atoms with Crippen molar-refractivity contribution < 1.29 is 19.0 Å². The van der Waals surface area contributed by atoms with Crippen molar-refractivity contribution in [2.24, 2.45) is 27.1 Å². The van der Waals surface area contributed by atoms with Crippen LogP contribution < -0.4 is 0 Å². The van der Waals surface area contributed by atoms with Crippen LogP contribution in [0, 0.1) is 27.1 Å². The molecular weight excluding hydrogens is 717 g/mol. The summed E-state index contributed by atoms with van der Waals surface area (Å²) in [4.78, 5) is 16.0. The molecule has 336 valence electrons. The summed E-state index contributed by atoms with van der Waals surface area (Å²) in [5, 5.41) is 0. The molecule has 0 bridgehead atoms. The Balaban J connectivity index is 0.000000369. The Labute approximate surface area is 360 Å². The van der Waals surface area contributed by atoms with Gasteiger partial charge in [-0.15, -0.1) is 0 Å². The van der Waals surface area contributed by atoms with Gasteiger partial charge in [-0.3, -0.25) is 0 Å². The monoisotopic (exact) mass is 811 g/mol. The minimum Gasteiger partial charge on any atom is -0.444 e. The minimum atomic E-state index is -0.412. The predicted molar refractivity (Wildman–Crippen MR) is 252 cm³/mol. The van der Waals surface area contributed by atoms with E-state index in [1.54, 1.807) is 27.2 Å². The van der Waals surface area contributed by atoms with Gasteiger partial charge >= 0.3 is 6.09 Å². The lowest BCUT2D eigenvalue weighted by Crippen LogP contribution is -2.40. The van der Waals surface area contributed by atoms with Crippen LogP contribution in [0.4, 0.5) is 4.79 Å². The van der Waals surface area contributed by atoms with Gasteiger partial charge in [-0.1, -0.05) is 162 Å². The lowest BCUT2D eigenvalue weighted by atomic mass is 9.80. The van der Waals surface area contributed by atoms with E-state index in [2.05, 4.69) is 146 Å². The molecule has 1 aliphatic carbocycles. The number of hydrogen-bond acceptors (Lipinski definition) is 5. The van der Waals surface area contributed by atoms with Crippen molar-refractivity contribution >= 4 is 6.09 Å². The van der Waals surface area contributed by atoms with E-state index in [1.165, 1.54) is 44.2 Å². The van der Waals surface area contributed by atoms with E-state index in [4.69, 9.17) is 14.2 Å². The Morgan fingerprint density at radius 3 is 1.16 bits per heavy atom. The van der Waals surface area contributed by atoms with Crippen molar-refractivity contribution in [3.63, 3.8) is 0 Å². The molecule has 0 radical (unpaired) electrons. The molecule has 6 nitrogen and oxygen atoms in total. The fourth-order valence-corrected chi connectivity index (χ4v) is 7.23. The summed E-state index contributed by atoms with van der Waals surface area (Å²) in [6, 6.07) is 0. The highest BCUT2D eigenvalue weighted by Gasteiger charge is 2.27. The maximum atomic E-state index is 11.8. The highest BCUT2D eigenvalue weighted by Crippen LogP contribution is 2.34. The highest BCUT2D eigenvalue weighted by atomic mass is 16.6. The first-order valence-corrected chi connectivity index (χ1v) is 22.7. The van der Waals surface area contributed by atoms with Crippen LogP contribution in [0.2, 0.25) is 0 Å². The molecule has 4 aliphatic heterocycles. The van der Waals surface area contributed by atoms with Crippen molar-refractivity contribution in [3.05, 3.63) is 58.2 Å². The van der Waals surface area contributed by atoms with Crippen LogP contribution in [0.5, 0.6) is 0 Å². The third-order valence-electron chi connectivity index (χ3n) is 11.3. The lowest BCUT2D eigenvalue weighted by Gasteiger charge is -2.33. The Hall–Kier alpha value is -2.15. The molecule has 0 fully saturated rings. The van der Waals surface area contributed by atoms with E-state index >= 15 is 0 Å². The Morgan fingerprint density at radius 2 is 0.897 bits per heavy atom. The zero-order valence-corrected chi connectivity index (χ0v) is 41.7. The molecule has 0 aromatic carbocycles. The smallest absolute Gasteiger partial charge is 0.410 e. The third-order valence-corrected chi connectivity index (χ3v) is 11.3. The number of carbonyl (C=O) groups excluding carboxylic acids is 1. The Morgan fingerprint density at radius 1 is 0.500 bits per heavy atom. The second kappa shape index (κ2) is 23.7. The standard InChI is InChI=1S/C14H25NO2.C10H19N.C10H18.2C9H16O/c1-13(2,3)11-7-9-15(10-8-11)12(16)17-14(4,5)6;1-10(2,3)9-5-7-11(4)8-6-9;1-10(2,3)9-7-5-4-6-8-9;2*1-9(2,3)8-4-6-10-7-5-8/h7H,8-10H2,1-6H3;5H,6-8H2,1-4H3;7H,4-6,8H2,1-3H3;2*4H,5-7H2,1-3H3. The van der Waals surface area contributed by atoms with Crippen LogP contribution in [-0.4, -0.2) is 81.1 Å². The molecular formula is C52H94N2O4. The Kier molecular flexibility index (Phi) is 22.1. The van der Waals surface area contributed by atoms with Gasteiger partial charge in [0, 0.05) is 26.2 Å². The quantitative estimate of drug-likeness (QED) is 0.228. The maximum Gasteiger partial charge on any atom is 0.410 e. The zero-order chi connectivity index (χ0) is 44.6. The molecule has 0 saturated heterocycles. The van der Waals surface area contributed by atoms with Crippen LogP contribution in [0.1, 0.15) is 176 Å². The van der Waals surface area contributed by atoms with Gasteiger partial charge in [-0.05, 0) is 106 Å². The average molecular weight is 811 g/mol. The highest BCUT2D eigenvalue weighted by molar-refractivity contribution is 5.68. The molecule has 0 atom stereocenters. The van der Waals surface area contributed by atoms with Crippen molar-refractivity contribution in [2.45, 2.75) is 182 Å². The SMILES string of the molecule is CC(C)(C)C1=CCCCC1.CC(C)(C)C1=CCOCC1.CC(C)(C)C1=CCOCC1.CC(C)(C)OC(=O)N1CC=C(C(C)(C)C)CC1.CN1CC=C(C(C)(C)C)CC1. The van der Waals surface area contributed by atoms with Crippen LogP contribution >= 0.6 is 0 Å². The molecule has 6 heteroatoms. The topological polar surface area (TPSA) is 51.2 Å². The number of rotatable bonds is 0. The summed E-state index contributed by atoms with van der Waals surface area (Å²) in [5.41, 5.74) is 9.12. The largest absolute Gasteiger partial charge is 0.444 e. The van der Waals surface area contributed by atoms with Gasteiger partial charge < -0.3 is 24.0 Å². The molecule has 0 saturated carbocycles. The predicted octanol–water partition coefficient (Wildman–Crippen LogP) is 14.2. The van der Waals surface area contributed by atoms with Gasteiger partial charge in [-0.25, -0.2) is 4.79 Å².